The van der Waals surface area contributed by atoms with Crippen LogP contribution >= 0.6 is 11.6 Å². The van der Waals surface area contributed by atoms with Crippen molar-refractivity contribution in [3.8, 4) is 0 Å². The summed E-state index contributed by atoms with van der Waals surface area (Å²) in [5, 5.41) is 13.3. The number of imide groups is 1. The second-order valence-electron chi connectivity index (χ2n) is 5.47. The second kappa shape index (κ2) is 6.03. The Bertz CT molecular complexity index is 564. The van der Waals surface area contributed by atoms with Crippen LogP contribution in [-0.2, 0) is 4.79 Å². The van der Waals surface area contributed by atoms with Crippen LogP contribution in [0.25, 0.3) is 0 Å². The van der Waals surface area contributed by atoms with Gasteiger partial charge in [0, 0.05) is 10.6 Å². The lowest BCUT2D eigenvalue weighted by Gasteiger charge is -2.22. The first-order chi connectivity index (χ1) is 9.89. The second-order valence-corrected chi connectivity index (χ2v) is 5.87. The third-order valence-corrected chi connectivity index (χ3v) is 4.06. The fourth-order valence-electron chi connectivity index (χ4n) is 2.60. The van der Waals surface area contributed by atoms with Crippen molar-refractivity contribution >= 4 is 23.5 Å². The number of nitrogens with one attached hydrogen (secondary N) is 1. The standard InChI is InChI=1S/C15H19ClN2O3/c1-3-8-15(2)13(20)18(14(21)17-15)9-12(19)10-6-4-5-7-11(10)16/h4-7,12,19H,3,8-9H2,1-2H3,(H,17,21)/t12-,15-/m0/s1. The maximum atomic E-state index is 12.4. The van der Waals surface area contributed by atoms with Crippen LogP contribution in [0.2, 0.25) is 5.02 Å². The molecule has 1 aromatic carbocycles. The molecule has 1 heterocycles. The topological polar surface area (TPSA) is 69.6 Å². The SMILES string of the molecule is CCC[C@]1(C)NC(=O)N(C[C@H](O)c2ccccc2Cl)C1=O. The van der Waals surface area contributed by atoms with Crippen molar-refractivity contribution in [2.75, 3.05) is 6.54 Å². The van der Waals surface area contributed by atoms with Crippen LogP contribution in [0.15, 0.2) is 24.3 Å². The number of halogens is 1. The van der Waals surface area contributed by atoms with Crippen molar-refractivity contribution in [2.45, 2.75) is 38.3 Å². The molecule has 1 aromatic rings. The number of hydrogen-bond donors (Lipinski definition) is 2. The van der Waals surface area contributed by atoms with Gasteiger partial charge in [0.05, 0.1) is 12.6 Å². The largest absolute Gasteiger partial charge is 0.386 e. The number of β-amino-alcohol motifs (C(OH)–C–C–N with tert-alkyl or cyclic N) is 1. The molecule has 1 aliphatic rings. The maximum Gasteiger partial charge on any atom is 0.325 e. The smallest absolute Gasteiger partial charge is 0.325 e. The third kappa shape index (κ3) is 3.04. The van der Waals surface area contributed by atoms with Gasteiger partial charge in [0.15, 0.2) is 0 Å². The summed E-state index contributed by atoms with van der Waals surface area (Å²) < 4.78 is 0. The Morgan fingerprint density at radius 3 is 2.67 bits per heavy atom. The van der Waals surface area contributed by atoms with Gasteiger partial charge < -0.3 is 10.4 Å². The molecule has 2 rings (SSSR count). The van der Waals surface area contributed by atoms with Crippen LogP contribution in [-0.4, -0.2) is 34.0 Å². The fraction of sp³-hybridized carbons (Fsp3) is 0.467. The van der Waals surface area contributed by atoms with Crippen LogP contribution in [0.4, 0.5) is 4.79 Å². The van der Waals surface area contributed by atoms with Crippen LogP contribution < -0.4 is 5.32 Å². The molecule has 0 bridgehead atoms. The Hall–Kier alpha value is -1.59. The van der Waals surface area contributed by atoms with E-state index in [9.17, 15) is 14.7 Å². The van der Waals surface area contributed by atoms with Crippen molar-refractivity contribution in [3.63, 3.8) is 0 Å². The number of nitrogens with zero attached hydrogens (tertiary/aromatic N) is 1. The van der Waals surface area contributed by atoms with Crippen LogP contribution in [0.1, 0.15) is 38.4 Å². The molecule has 0 spiro atoms. The number of aliphatic hydroxyl groups excluding tert-OH is 1. The summed E-state index contributed by atoms with van der Waals surface area (Å²) >= 11 is 6.02. The van der Waals surface area contributed by atoms with E-state index >= 15 is 0 Å². The zero-order chi connectivity index (χ0) is 15.6. The van der Waals surface area contributed by atoms with E-state index in [-0.39, 0.29) is 12.5 Å². The Balaban J connectivity index is 2.15. The highest BCUT2D eigenvalue weighted by molar-refractivity contribution is 6.31. The minimum Gasteiger partial charge on any atom is -0.386 e. The molecule has 0 unspecified atom stereocenters. The van der Waals surface area contributed by atoms with Crippen molar-refractivity contribution in [1.29, 1.82) is 0 Å². The number of benzene rings is 1. The number of urea groups is 1. The average molecular weight is 311 g/mol. The summed E-state index contributed by atoms with van der Waals surface area (Å²) in [6, 6.07) is 6.37. The summed E-state index contributed by atoms with van der Waals surface area (Å²) in [4.78, 5) is 25.4. The molecule has 0 aliphatic carbocycles. The maximum absolute atomic E-state index is 12.4. The molecular weight excluding hydrogens is 292 g/mol. The molecule has 2 N–H and O–H groups in total. The number of aliphatic hydroxyl groups is 1. The molecule has 0 saturated carbocycles. The van der Waals surface area contributed by atoms with Gasteiger partial charge in [-0.3, -0.25) is 9.69 Å². The number of hydrogen-bond acceptors (Lipinski definition) is 3. The summed E-state index contributed by atoms with van der Waals surface area (Å²) in [6.07, 6.45) is 0.344. The average Bonchev–Trinajstić information content (AvgIpc) is 2.63. The lowest BCUT2D eigenvalue weighted by molar-refractivity contribution is -0.132. The first-order valence-electron chi connectivity index (χ1n) is 6.95. The van der Waals surface area contributed by atoms with E-state index in [1.807, 2.05) is 6.92 Å². The van der Waals surface area contributed by atoms with Gasteiger partial charge in [-0.1, -0.05) is 43.1 Å². The minimum atomic E-state index is -1.00. The van der Waals surface area contributed by atoms with E-state index in [1.165, 1.54) is 0 Å². The molecule has 2 atom stereocenters. The molecule has 3 amide bonds. The zero-order valence-electron chi connectivity index (χ0n) is 12.1. The molecule has 114 valence electrons. The summed E-state index contributed by atoms with van der Waals surface area (Å²) in [5.41, 5.74) is -0.379. The van der Waals surface area contributed by atoms with E-state index in [1.54, 1.807) is 31.2 Å². The van der Waals surface area contributed by atoms with Gasteiger partial charge in [-0.05, 0) is 19.4 Å². The number of rotatable bonds is 5. The highest BCUT2D eigenvalue weighted by Crippen LogP contribution is 2.27. The molecule has 5 nitrogen and oxygen atoms in total. The van der Waals surface area contributed by atoms with E-state index < -0.39 is 17.7 Å². The van der Waals surface area contributed by atoms with Gasteiger partial charge in [-0.15, -0.1) is 0 Å². The molecule has 1 aliphatic heterocycles. The summed E-state index contributed by atoms with van der Waals surface area (Å²) in [7, 11) is 0. The molecule has 0 radical (unpaired) electrons. The molecule has 1 fully saturated rings. The fourth-order valence-corrected chi connectivity index (χ4v) is 2.86. The predicted molar refractivity (Wildman–Crippen MR) is 80.0 cm³/mol. The van der Waals surface area contributed by atoms with Crippen LogP contribution in [0.5, 0.6) is 0 Å². The number of carbonyl (C=O) groups excluding carboxylic acids is 2. The van der Waals surface area contributed by atoms with E-state index in [0.29, 0.717) is 17.0 Å². The van der Waals surface area contributed by atoms with Crippen molar-refractivity contribution < 1.29 is 14.7 Å². The molecule has 0 aromatic heterocycles. The number of carbonyl (C=O) groups is 2. The zero-order valence-corrected chi connectivity index (χ0v) is 12.9. The first-order valence-corrected chi connectivity index (χ1v) is 7.33. The van der Waals surface area contributed by atoms with Crippen LogP contribution in [0.3, 0.4) is 0 Å². The van der Waals surface area contributed by atoms with Crippen molar-refractivity contribution in [3.05, 3.63) is 34.9 Å². The van der Waals surface area contributed by atoms with Crippen molar-refractivity contribution in [1.82, 2.24) is 10.2 Å². The predicted octanol–water partition coefficient (Wildman–Crippen LogP) is 2.48. The first kappa shape index (κ1) is 15.8. The van der Waals surface area contributed by atoms with Gasteiger partial charge in [0.2, 0.25) is 0 Å². The van der Waals surface area contributed by atoms with Crippen LogP contribution in [0, 0.1) is 0 Å². The quantitative estimate of drug-likeness (QED) is 0.821. The normalized spacial score (nSPS) is 23.3. The molecule has 6 heteroatoms. The van der Waals surface area contributed by atoms with Gasteiger partial charge in [-0.25, -0.2) is 4.79 Å². The monoisotopic (exact) mass is 310 g/mol. The Labute approximate surface area is 128 Å². The molecular formula is C15H19ClN2O3. The highest BCUT2D eigenvalue weighted by Gasteiger charge is 2.47. The van der Waals surface area contributed by atoms with Gasteiger partial charge >= 0.3 is 6.03 Å². The summed E-state index contributed by atoms with van der Waals surface area (Å²) in [5.74, 6) is -0.305. The minimum absolute atomic E-state index is 0.103. The lowest BCUT2D eigenvalue weighted by Crippen LogP contribution is -2.44. The Morgan fingerprint density at radius 1 is 1.38 bits per heavy atom. The lowest BCUT2D eigenvalue weighted by atomic mass is 9.96. The van der Waals surface area contributed by atoms with Gasteiger partial charge in [0.25, 0.3) is 5.91 Å². The molecule has 21 heavy (non-hydrogen) atoms. The van der Waals surface area contributed by atoms with E-state index in [2.05, 4.69) is 5.32 Å². The van der Waals surface area contributed by atoms with Gasteiger partial charge in [-0.2, -0.15) is 0 Å². The van der Waals surface area contributed by atoms with Crippen molar-refractivity contribution in [2.24, 2.45) is 0 Å². The third-order valence-electron chi connectivity index (χ3n) is 3.71. The Morgan fingerprint density at radius 2 is 2.05 bits per heavy atom. The van der Waals surface area contributed by atoms with E-state index in [4.69, 9.17) is 11.6 Å². The Kier molecular flexibility index (Phi) is 4.54. The summed E-state index contributed by atoms with van der Waals surface area (Å²) in [6.45, 7) is 3.55. The van der Waals surface area contributed by atoms with Gasteiger partial charge in [0.1, 0.15) is 5.54 Å². The van der Waals surface area contributed by atoms with E-state index in [0.717, 1.165) is 11.3 Å². The number of amides is 3. The molecule has 1 saturated heterocycles. The highest BCUT2D eigenvalue weighted by atomic mass is 35.5.